The average molecular weight is 313 g/mol. The first-order chi connectivity index (χ1) is 10.0. The van der Waals surface area contributed by atoms with Crippen molar-refractivity contribution in [1.82, 2.24) is 14.6 Å². The van der Waals surface area contributed by atoms with Crippen LogP contribution in [0, 0.1) is 0 Å². The Kier molecular flexibility index (Phi) is 5.51. The summed E-state index contributed by atoms with van der Waals surface area (Å²) < 4.78 is 27.2. The molecule has 0 aliphatic carbocycles. The van der Waals surface area contributed by atoms with E-state index >= 15 is 0 Å². The Hall–Kier alpha value is -1.22. The molecule has 118 valence electrons. The molecule has 1 aromatic heterocycles. The normalized spacial score (nSPS) is 18.4. The van der Waals surface area contributed by atoms with Gasteiger partial charge in [-0.25, -0.2) is 18.1 Å². The van der Waals surface area contributed by atoms with Gasteiger partial charge in [-0.3, -0.25) is 10.7 Å². The third kappa shape index (κ3) is 4.13. The highest BCUT2D eigenvalue weighted by Gasteiger charge is 2.23. The molecule has 2 heterocycles. The predicted octanol–water partition coefficient (Wildman–Crippen LogP) is 0.520. The van der Waals surface area contributed by atoms with Crippen LogP contribution < -0.4 is 16.0 Å². The van der Waals surface area contributed by atoms with Gasteiger partial charge in [-0.15, -0.1) is 0 Å². The van der Waals surface area contributed by atoms with E-state index in [1.807, 2.05) is 6.92 Å². The number of nitrogen functional groups attached to an aromatic ring is 1. The van der Waals surface area contributed by atoms with E-state index in [2.05, 4.69) is 20.0 Å². The Bertz CT molecular complexity index is 557. The van der Waals surface area contributed by atoms with E-state index in [1.165, 1.54) is 25.5 Å². The van der Waals surface area contributed by atoms with Gasteiger partial charge < -0.3 is 5.43 Å². The van der Waals surface area contributed by atoms with Gasteiger partial charge in [0.1, 0.15) is 0 Å². The average Bonchev–Trinajstić information content (AvgIpc) is 2.53. The Morgan fingerprint density at radius 3 is 2.76 bits per heavy atom. The van der Waals surface area contributed by atoms with Gasteiger partial charge in [0.2, 0.25) is 0 Å². The van der Waals surface area contributed by atoms with E-state index in [9.17, 15) is 8.42 Å². The number of aromatic nitrogens is 1. The maximum absolute atomic E-state index is 12.3. The second kappa shape index (κ2) is 7.17. The molecule has 0 amide bonds. The molecule has 1 unspecified atom stereocenters. The lowest BCUT2D eigenvalue weighted by atomic mass is 10.1. The van der Waals surface area contributed by atoms with E-state index in [4.69, 9.17) is 5.84 Å². The maximum Gasteiger partial charge on any atom is 0.260 e. The number of sulfonamides is 1. The molecular formula is C13H23N5O2S. The Morgan fingerprint density at radius 2 is 2.10 bits per heavy atom. The predicted molar refractivity (Wildman–Crippen MR) is 82.1 cm³/mol. The summed E-state index contributed by atoms with van der Waals surface area (Å²) in [5.74, 6) is 5.33. The first kappa shape index (κ1) is 16.2. The highest BCUT2D eigenvalue weighted by atomic mass is 32.2. The van der Waals surface area contributed by atoms with Crippen LogP contribution in [0.25, 0.3) is 0 Å². The molecule has 1 atom stereocenters. The third-order valence-electron chi connectivity index (χ3n) is 3.76. The van der Waals surface area contributed by atoms with Gasteiger partial charge in [0.25, 0.3) is 10.0 Å². The number of hydrazine groups is 1. The van der Waals surface area contributed by atoms with Crippen molar-refractivity contribution >= 4 is 15.7 Å². The number of nitrogens with two attached hydrogens (primary N) is 1. The summed E-state index contributed by atoms with van der Waals surface area (Å²) in [4.78, 5) is 6.22. The van der Waals surface area contributed by atoms with Crippen LogP contribution in [0.1, 0.15) is 26.2 Å². The fourth-order valence-corrected chi connectivity index (χ4v) is 3.72. The number of hydrogen-bond acceptors (Lipinski definition) is 6. The van der Waals surface area contributed by atoms with Crippen LogP contribution in [0.5, 0.6) is 0 Å². The van der Waals surface area contributed by atoms with E-state index < -0.39 is 10.0 Å². The molecule has 0 bridgehead atoms. The molecule has 1 fully saturated rings. The maximum atomic E-state index is 12.3. The number of pyridine rings is 1. The van der Waals surface area contributed by atoms with E-state index in [0.717, 1.165) is 13.1 Å². The van der Waals surface area contributed by atoms with Crippen molar-refractivity contribution < 1.29 is 8.42 Å². The Labute approximate surface area is 125 Å². The van der Waals surface area contributed by atoms with Crippen LogP contribution in [-0.2, 0) is 10.0 Å². The summed E-state index contributed by atoms with van der Waals surface area (Å²) in [6.07, 6.45) is 5.05. The highest BCUT2D eigenvalue weighted by Crippen LogP contribution is 2.17. The van der Waals surface area contributed by atoms with Gasteiger partial charge in [0, 0.05) is 18.8 Å². The zero-order chi connectivity index (χ0) is 15.3. The topological polar surface area (TPSA) is 100 Å². The molecule has 4 N–H and O–H groups in total. The molecule has 1 aliphatic heterocycles. The molecule has 0 radical (unpaired) electrons. The minimum atomic E-state index is -3.67. The second-order valence-corrected chi connectivity index (χ2v) is 6.98. The third-order valence-corrected chi connectivity index (χ3v) is 5.15. The van der Waals surface area contributed by atoms with Crippen molar-refractivity contribution in [2.45, 2.75) is 37.3 Å². The fourth-order valence-electron chi connectivity index (χ4n) is 2.50. The number of hydrogen-bond donors (Lipinski definition) is 3. The molecule has 7 nitrogen and oxygen atoms in total. The largest absolute Gasteiger partial charge is 0.321 e. The summed E-state index contributed by atoms with van der Waals surface area (Å²) >= 11 is 0. The van der Waals surface area contributed by atoms with Gasteiger partial charge in [0.05, 0.1) is 5.69 Å². The molecule has 0 aromatic carbocycles. The number of anilines is 1. The van der Waals surface area contributed by atoms with E-state index in [-0.39, 0.29) is 16.8 Å². The number of likely N-dealkylation sites (tertiary alicyclic amines) is 1. The van der Waals surface area contributed by atoms with Crippen molar-refractivity contribution in [2.24, 2.45) is 5.84 Å². The van der Waals surface area contributed by atoms with Crippen LogP contribution in [-0.4, -0.2) is 44.0 Å². The Balaban J connectivity index is 2.00. The fraction of sp³-hybridized carbons (Fsp3) is 0.615. The highest BCUT2D eigenvalue weighted by molar-refractivity contribution is 7.89. The second-order valence-electron chi connectivity index (χ2n) is 5.30. The first-order valence-electron chi connectivity index (χ1n) is 7.20. The Morgan fingerprint density at radius 1 is 1.38 bits per heavy atom. The number of piperidine rings is 1. The van der Waals surface area contributed by atoms with E-state index in [0.29, 0.717) is 6.54 Å². The summed E-state index contributed by atoms with van der Waals surface area (Å²) in [5.41, 5.74) is 2.65. The first-order valence-corrected chi connectivity index (χ1v) is 8.68. The van der Waals surface area contributed by atoms with Crippen LogP contribution in [0.2, 0.25) is 0 Å². The summed E-state index contributed by atoms with van der Waals surface area (Å²) in [6, 6.07) is 3.37. The van der Waals surface area contributed by atoms with Crippen LogP contribution in [0.15, 0.2) is 23.4 Å². The lowest BCUT2D eigenvalue weighted by molar-refractivity contribution is 0.175. The molecule has 0 spiro atoms. The van der Waals surface area contributed by atoms with Crippen molar-refractivity contribution in [2.75, 3.05) is 25.1 Å². The van der Waals surface area contributed by atoms with Gasteiger partial charge in [0.15, 0.2) is 5.03 Å². The zero-order valence-corrected chi connectivity index (χ0v) is 13.1. The van der Waals surface area contributed by atoms with Crippen LogP contribution in [0.3, 0.4) is 0 Å². The van der Waals surface area contributed by atoms with Gasteiger partial charge >= 0.3 is 0 Å². The molecule has 0 saturated carbocycles. The minimum Gasteiger partial charge on any atom is -0.321 e. The molecule has 2 rings (SSSR count). The van der Waals surface area contributed by atoms with Crippen molar-refractivity contribution in [3.63, 3.8) is 0 Å². The molecule has 1 saturated heterocycles. The van der Waals surface area contributed by atoms with E-state index in [1.54, 1.807) is 12.1 Å². The van der Waals surface area contributed by atoms with Gasteiger partial charge in [-0.2, -0.15) is 0 Å². The number of rotatable bonds is 6. The summed E-state index contributed by atoms with van der Waals surface area (Å²) in [5, 5.41) is -0.0710. The van der Waals surface area contributed by atoms with Crippen LogP contribution >= 0.6 is 0 Å². The molecule has 1 aromatic rings. The molecular weight excluding hydrogens is 290 g/mol. The van der Waals surface area contributed by atoms with Crippen LogP contribution in [0.4, 0.5) is 5.69 Å². The quantitative estimate of drug-likeness (QED) is 0.523. The van der Waals surface area contributed by atoms with Gasteiger partial charge in [-0.1, -0.05) is 6.42 Å². The monoisotopic (exact) mass is 313 g/mol. The lowest BCUT2D eigenvalue weighted by Crippen LogP contribution is -2.44. The van der Waals surface area contributed by atoms with Crippen molar-refractivity contribution in [3.8, 4) is 0 Å². The van der Waals surface area contributed by atoms with Crippen molar-refractivity contribution in [1.29, 1.82) is 0 Å². The molecule has 1 aliphatic rings. The standard InChI is InChI=1S/C13H23N5O2S/c1-11(18-8-3-2-4-9-18)10-16-21(19,20)13-12(17-14)6-5-7-15-13/h5-7,11,16-17H,2-4,8-10,14H2,1H3. The minimum absolute atomic E-state index is 0.0710. The zero-order valence-electron chi connectivity index (χ0n) is 12.2. The lowest BCUT2D eigenvalue weighted by Gasteiger charge is -2.32. The number of nitrogens with one attached hydrogen (secondary N) is 2. The SMILES string of the molecule is CC(CNS(=O)(=O)c1ncccc1NN)N1CCCCC1. The molecule has 21 heavy (non-hydrogen) atoms. The van der Waals surface area contributed by atoms with Crippen molar-refractivity contribution in [3.05, 3.63) is 18.3 Å². The number of nitrogens with zero attached hydrogens (tertiary/aromatic N) is 2. The van der Waals surface area contributed by atoms with Gasteiger partial charge in [-0.05, 0) is 45.0 Å². The smallest absolute Gasteiger partial charge is 0.260 e. The summed E-state index contributed by atoms with van der Waals surface area (Å²) in [7, 11) is -3.67. The summed E-state index contributed by atoms with van der Waals surface area (Å²) in [6.45, 7) is 4.46. The molecule has 8 heteroatoms.